The van der Waals surface area contributed by atoms with Crippen molar-refractivity contribution in [2.24, 2.45) is 0 Å². The molecule has 8 heteroatoms. The van der Waals surface area contributed by atoms with Crippen LogP contribution in [-0.4, -0.2) is 30.5 Å². The van der Waals surface area contributed by atoms with Gasteiger partial charge < -0.3 is 4.42 Å². The lowest BCUT2D eigenvalue weighted by atomic mass is 10.2. The molecule has 0 amide bonds. The van der Waals surface area contributed by atoms with Gasteiger partial charge in [-0.3, -0.25) is 4.57 Å². The van der Waals surface area contributed by atoms with E-state index in [1.807, 2.05) is 48.5 Å². The highest BCUT2D eigenvalue weighted by Crippen LogP contribution is 2.17. The Kier molecular flexibility index (Phi) is 4.34. The molecular formula is C17H15N5O2S. The fourth-order valence-electron chi connectivity index (χ4n) is 2.61. The van der Waals surface area contributed by atoms with Crippen LogP contribution < -0.4 is 5.76 Å². The molecule has 4 aromatic rings. The van der Waals surface area contributed by atoms with E-state index in [0.29, 0.717) is 24.4 Å². The fraction of sp³-hybridized carbons (Fsp3) is 0.176. The van der Waals surface area contributed by atoms with Crippen molar-refractivity contribution in [1.82, 2.24) is 24.8 Å². The van der Waals surface area contributed by atoms with Gasteiger partial charge >= 0.3 is 5.76 Å². The number of hydrogen-bond donors (Lipinski definition) is 0. The van der Waals surface area contributed by atoms with Crippen molar-refractivity contribution < 1.29 is 4.42 Å². The van der Waals surface area contributed by atoms with Gasteiger partial charge in [0.1, 0.15) is 0 Å². The Balaban J connectivity index is 1.45. The van der Waals surface area contributed by atoms with Gasteiger partial charge in [-0.1, -0.05) is 54.2 Å². The smallest absolute Gasteiger partial charge is 0.408 e. The first-order valence-electron chi connectivity index (χ1n) is 7.82. The molecular weight excluding hydrogens is 338 g/mol. The van der Waals surface area contributed by atoms with E-state index in [-0.39, 0.29) is 5.76 Å². The maximum atomic E-state index is 12.0. The van der Waals surface area contributed by atoms with Crippen LogP contribution in [0.4, 0.5) is 0 Å². The summed E-state index contributed by atoms with van der Waals surface area (Å²) in [6.45, 7) is 1.14. The number of hydrogen-bond acceptors (Lipinski definition) is 6. The van der Waals surface area contributed by atoms with Crippen molar-refractivity contribution in [1.29, 1.82) is 0 Å². The van der Waals surface area contributed by atoms with Crippen LogP contribution in [0.5, 0.6) is 0 Å². The summed E-state index contributed by atoms with van der Waals surface area (Å²) < 4.78 is 8.63. The summed E-state index contributed by atoms with van der Waals surface area (Å²) in [5, 5.41) is 12.6. The second-order valence-electron chi connectivity index (χ2n) is 5.44. The van der Waals surface area contributed by atoms with Crippen molar-refractivity contribution in [3.8, 4) is 0 Å². The van der Waals surface area contributed by atoms with Crippen molar-refractivity contribution in [3.05, 3.63) is 70.7 Å². The lowest BCUT2D eigenvalue weighted by Crippen LogP contribution is -2.15. The molecule has 0 unspecified atom stereocenters. The zero-order valence-corrected chi connectivity index (χ0v) is 14.1. The van der Waals surface area contributed by atoms with Crippen LogP contribution in [-0.2, 0) is 13.1 Å². The molecule has 4 rings (SSSR count). The highest BCUT2D eigenvalue weighted by Gasteiger charge is 2.11. The number of rotatable bonds is 6. The van der Waals surface area contributed by atoms with Gasteiger partial charge in [0.2, 0.25) is 5.16 Å². The molecule has 0 saturated heterocycles. The predicted molar refractivity (Wildman–Crippen MR) is 94.6 cm³/mol. The largest absolute Gasteiger partial charge is 0.419 e. The molecule has 0 aliphatic carbocycles. The van der Waals surface area contributed by atoms with Gasteiger partial charge in [0, 0.05) is 12.3 Å². The Morgan fingerprint density at radius 2 is 1.84 bits per heavy atom. The lowest BCUT2D eigenvalue weighted by Gasteiger charge is -2.05. The van der Waals surface area contributed by atoms with Gasteiger partial charge in [0.15, 0.2) is 5.58 Å². The quantitative estimate of drug-likeness (QED) is 0.495. The second-order valence-corrected chi connectivity index (χ2v) is 6.50. The van der Waals surface area contributed by atoms with Gasteiger partial charge in [-0.05, 0) is 28.1 Å². The van der Waals surface area contributed by atoms with E-state index in [0.717, 1.165) is 16.2 Å². The summed E-state index contributed by atoms with van der Waals surface area (Å²) in [5.74, 6) is 0.323. The summed E-state index contributed by atoms with van der Waals surface area (Å²) >= 11 is 1.51. The molecule has 0 aliphatic heterocycles. The highest BCUT2D eigenvalue weighted by molar-refractivity contribution is 7.99. The Hall–Kier alpha value is -2.87. The number of oxazole rings is 1. The SMILES string of the molecule is O=c1oc2ccccc2n1CCSc1nnnn1Cc1ccccc1. The van der Waals surface area contributed by atoms with E-state index in [1.165, 1.54) is 11.8 Å². The number of nitrogens with zero attached hydrogens (tertiary/aromatic N) is 5. The van der Waals surface area contributed by atoms with Crippen LogP contribution in [0.25, 0.3) is 11.1 Å². The minimum Gasteiger partial charge on any atom is -0.408 e. The number of aryl methyl sites for hydroxylation is 1. The van der Waals surface area contributed by atoms with E-state index >= 15 is 0 Å². The number of benzene rings is 2. The van der Waals surface area contributed by atoms with Crippen LogP contribution in [0.1, 0.15) is 5.56 Å². The predicted octanol–water partition coefficient (Wildman–Crippen LogP) is 2.42. The van der Waals surface area contributed by atoms with Gasteiger partial charge in [0.25, 0.3) is 0 Å². The first-order chi connectivity index (χ1) is 12.3. The Morgan fingerprint density at radius 1 is 1.04 bits per heavy atom. The van der Waals surface area contributed by atoms with E-state index in [4.69, 9.17) is 4.42 Å². The lowest BCUT2D eigenvalue weighted by molar-refractivity contribution is 0.514. The molecule has 2 heterocycles. The Morgan fingerprint density at radius 3 is 2.72 bits per heavy atom. The number of tetrazole rings is 1. The second kappa shape index (κ2) is 6.94. The fourth-order valence-corrected chi connectivity index (χ4v) is 3.41. The van der Waals surface area contributed by atoms with E-state index in [1.54, 1.807) is 15.3 Å². The van der Waals surface area contributed by atoms with Gasteiger partial charge in [-0.2, -0.15) is 0 Å². The summed E-state index contributed by atoms with van der Waals surface area (Å²) in [6, 6.07) is 17.4. The molecule has 0 N–H and O–H groups in total. The molecule has 0 saturated carbocycles. The summed E-state index contributed by atoms with van der Waals surface area (Å²) in [7, 11) is 0. The van der Waals surface area contributed by atoms with Crippen LogP contribution >= 0.6 is 11.8 Å². The number of para-hydroxylation sites is 2. The van der Waals surface area contributed by atoms with E-state index in [9.17, 15) is 4.79 Å². The Bertz CT molecular complexity index is 1040. The molecule has 126 valence electrons. The van der Waals surface area contributed by atoms with E-state index < -0.39 is 0 Å². The maximum absolute atomic E-state index is 12.0. The number of fused-ring (bicyclic) bond motifs is 1. The first-order valence-corrected chi connectivity index (χ1v) is 8.81. The molecule has 0 aliphatic rings. The molecule has 0 bridgehead atoms. The third-order valence-corrected chi connectivity index (χ3v) is 4.73. The van der Waals surface area contributed by atoms with Crippen LogP contribution in [0, 0.1) is 0 Å². The normalized spacial score (nSPS) is 11.2. The molecule has 0 radical (unpaired) electrons. The Labute approximate surface area is 147 Å². The molecule has 0 spiro atoms. The van der Waals surface area contributed by atoms with Crippen LogP contribution in [0.15, 0.2) is 69.0 Å². The third kappa shape index (κ3) is 3.34. The molecule has 25 heavy (non-hydrogen) atoms. The van der Waals surface area contributed by atoms with Gasteiger partial charge in [-0.15, -0.1) is 5.10 Å². The van der Waals surface area contributed by atoms with Crippen molar-refractivity contribution in [2.75, 3.05) is 5.75 Å². The molecule has 7 nitrogen and oxygen atoms in total. The first kappa shape index (κ1) is 15.6. The molecule has 0 atom stereocenters. The van der Waals surface area contributed by atoms with Gasteiger partial charge in [-0.25, -0.2) is 9.48 Å². The summed E-state index contributed by atoms with van der Waals surface area (Å²) in [4.78, 5) is 12.0. The minimum atomic E-state index is -0.342. The number of thioether (sulfide) groups is 1. The highest BCUT2D eigenvalue weighted by atomic mass is 32.2. The van der Waals surface area contributed by atoms with Crippen molar-refractivity contribution >= 4 is 22.9 Å². The van der Waals surface area contributed by atoms with Crippen molar-refractivity contribution in [3.63, 3.8) is 0 Å². The van der Waals surface area contributed by atoms with Crippen molar-refractivity contribution in [2.45, 2.75) is 18.2 Å². The zero-order chi connectivity index (χ0) is 17.1. The van der Waals surface area contributed by atoms with Crippen LogP contribution in [0.2, 0.25) is 0 Å². The topological polar surface area (TPSA) is 78.7 Å². The standard InChI is InChI=1S/C17H15N5O2S/c23-17-21(14-8-4-5-9-15(14)24-17)10-11-25-16-18-19-20-22(16)12-13-6-2-1-3-7-13/h1-9H,10-12H2. The molecule has 2 aromatic heterocycles. The monoisotopic (exact) mass is 353 g/mol. The molecule has 0 fully saturated rings. The van der Waals surface area contributed by atoms with E-state index in [2.05, 4.69) is 15.5 Å². The molecule has 2 aromatic carbocycles. The average molecular weight is 353 g/mol. The summed E-state index contributed by atoms with van der Waals surface area (Å²) in [6.07, 6.45) is 0. The van der Waals surface area contributed by atoms with Crippen LogP contribution in [0.3, 0.4) is 0 Å². The zero-order valence-electron chi connectivity index (χ0n) is 13.3. The average Bonchev–Trinajstić information content (AvgIpc) is 3.20. The number of aromatic nitrogens is 5. The third-order valence-electron chi connectivity index (χ3n) is 3.79. The summed E-state index contributed by atoms with van der Waals surface area (Å²) in [5.41, 5.74) is 2.54. The van der Waals surface area contributed by atoms with Gasteiger partial charge in [0.05, 0.1) is 12.1 Å². The minimum absolute atomic E-state index is 0.342. The maximum Gasteiger partial charge on any atom is 0.419 e.